The van der Waals surface area contributed by atoms with Crippen molar-refractivity contribution in [2.45, 2.75) is 0 Å². The molecule has 12 aromatic rings. The Morgan fingerprint density at radius 2 is 0.817 bits per heavy atom. The van der Waals surface area contributed by atoms with Gasteiger partial charge in [0.2, 0.25) is 0 Å². The summed E-state index contributed by atoms with van der Waals surface area (Å²) in [5, 5.41) is 7.42. The Kier molecular flexibility index (Phi) is 7.85. The van der Waals surface area contributed by atoms with Gasteiger partial charge in [0.15, 0.2) is 0 Å². The van der Waals surface area contributed by atoms with Crippen LogP contribution in [0.2, 0.25) is 0 Å². The lowest BCUT2D eigenvalue weighted by Gasteiger charge is -2.13. The molecule has 0 atom stereocenters. The van der Waals surface area contributed by atoms with Crippen LogP contribution in [0.4, 0.5) is 0 Å². The zero-order valence-electron chi connectivity index (χ0n) is 32.7. The third-order valence-corrected chi connectivity index (χ3v) is 12.1. The second kappa shape index (κ2) is 13.8. The number of nitrogens with zero attached hydrogens (tertiary/aromatic N) is 3. The first-order chi connectivity index (χ1) is 29.7. The van der Waals surface area contributed by atoms with E-state index in [1.165, 1.54) is 76.8 Å². The summed E-state index contributed by atoms with van der Waals surface area (Å²) in [6.45, 7) is 0. The smallest absolute Gasteiger partial charge is 0.0716 e. The van der Waals surface area contributed by atoms with Gasteiger partial charge in [-0.25, -0.2) is 4.98 Å². The fraction of sp³-hybridized carbons (Fsp3) is 0. The summed E-state index contributed by atoms with van der Waals surface area (Å²) >= 11 is 0. The molecule has 0 radical (unpaired) electrons. The molecule has 0 bridgehead atoms. The van der Waals surface area contributed by atoms with Gasteiger partial charge in [0.1, 0.15) is 0 Å². The molecule has 280 valence electrons. The maximum Gasteiger partial charge on any atom is 0.0716 e. The maximum absolute atomic E-state index is 5.26. The second-order valence-electron chi connectivity index (χ2n) is 15.6. The fourth-order valence-electron chi connectivity index (χ4n) is 9.28. The molecular weight excluding hydrogens is 727 g/mol. The summed E-state index contributed by atoms with van der Waals surface area (Å²) in [6, 6.07) is 81.0. The number of fused-ring (bicyclic) bond motifs is 7. The van der Waals surface area contributed by atoms with Gasteiger partial charge in [0.25, 0.3) is 0 Å². The summed E-state index contributed by atoms with van der Waals surface area (Å²) in [5.74, 6) is 0. The van der Waals surface area contributed by atoms with Gasteiger partial charge in [-0.1, -0.05) is 164 Å². The molecular formula is C57H37N3. The Bertz CT molecular complexity index is 3530. The predicted octanol–water partition coefficient (Wildman–Crippen LogP) is 15.1. The molecule has 0 saturated carbocycles. The van der Waals surface area contributed by atoms with Gasteiger partial charge in [-0.3, -0.25) is 0 Å². The van der Waals surface area contributed by atoms with Crippen molar-refractivity contribution in [1.29, 1.82) is 0 Å². The number of para-hydroxylation sites is 2. The average Bonchev–Trinajstić information content (AvgIpc) is 3.84. The van der Waals surface area contributed by atoms with E-state index in [9.17, 15) is 0 Å². The molecule has 0 aliphatic carbocycles. The first-order valence-corrected chi connectivity index (χ1v) is 20.5. The standard InChI is InChI=1S/C57H37N3/c1-3-15-38(16-4-1)44-35-51(40-18-5-2-6-19-40)58-52(36-44)43-21-13-22-45(33-43)59-54-26-11-10-25-48(54)50-34-41(30-32-56(50)59)42-29-31-49-47-24-9-12-27-55(47)60(57(49)37-42)53-28-14-20-39-17-7-8-23-46(39)53/h1-37H. The number of rotatable bonds is 6. The van der Waals surface area contributed by atoms with Gasteiger partial charge < -0.3 is 9.13 Å². The number of hydrogen-bond donors (Lipinski definition) is 0. The van der Waals surface area contributed by atoms with Crippen molar-refractivity contribution in [3.8, 4) is 56.1 Å². The van der Waals surface area contributed by atoms with E-state index in [0.29, 0.717) is 0 Å². The molecule has 0 N–H and O–H groups in total. The van der Waals surface area contributed by atoms with Gasteiger partial charge in [-0.2, -0.15) is 0 Å². The fourth-order valence-corrected chi connectivity index (χ4v) is 9.28. The van der Waals surface area contributed by atoms with E-state index in [1.807, 2.05) is 0 Å². The van der Waals surface area contributed by atoms with E-state index in [0.717, 1.165) is 33.8 Å². The summed E-state index contributed by atoms with van der Waals surface area (Å²) in [7, 11) is 0. The second-order valence-corrected chi connectivity index (χ2v) is 15.6. The Balaban J connectivity index is 1.01. The van der Waals surface area contributed by atoms with Crippen molar-refractivity contribution in [1.82, 2.24) is 14.1 Å². The van der Waals surface area contributed by atoms with Crippen molar-refractivity contribution < 1.29 is 0 Å². The lowest BCUT2D eigenvalue weighted by atomic mass is 10.00. The molecule has 3 aromatic heterocycles. The molecule has 0 aliphatic rings. The zero-order valence-corrected chi connectivity index (χ0v) is 32.7. The van der Waals surface area contributed by atoms with E-state index in [4.69, 9.17) is 4.98 Å². The van der Waals surface area contributed by atoms with Gasteiger partial charge >= 0.3 is 0 Å². The summed E-state index contributed by atoms with van der Waals surface area (Å²) in [4.78, 5) is 5.26. The van der Waals surface area contributed by atoms with Crippen LogP contribution in [0.5, 0.6) is 0 Å². The van der Waals surface area contributed by atoms with Crippen molar-refractivity contribution in [3.63, 3.8) is 0 Å². The lowest BCUT2D eigenvalue weighted by Crippen LogP contribution is -1.96. The molecule has 3 nitrogen and oxygen atoms in total. The van der Waals surface area contributed by atoms with Crippen LogP contribution in [0.1, 0.15) is 0 Å². The predicted molar refractivity (Wildman–Crippen MR) is 252 cm³/mol. The summed E-state index contributed by atoms with van der Waals surface area (Å²) < 4.78 is 4.85. The Morgan fingerprint density at radius 1 is 0.267 bits per heavy atom. The first kappa shape index (κ1) is 34.1. The van der Waals surface area contributed by atoms with E-state index in [1.54, 1.807) is 0 Å². The summed E-state index contributed by atoms with van der Waals surface area (Å²) in [6.07, 6.45) is 0. The number of hydrogen-bond acceptors (Lipinski definition) is 1. The zero-order chi connectivity index (χ0) is 39.6. The van der Waals surface area contributed by atoms with E-state index in [-0.39, 0.29) is 0 Å². The van der Waals surface area contributed by atoms with Crippen LogP contribution in [-0.2, 0) is 0 Å². The minimum Gasteiger partial charge on any atom is -0.309 e. The van der Waals surface area contributed by atoms with Crippen molar-refractivity contribution in [2.24, 2.45) is 0 Å². The molecule has 3 heteroatoms. The highest BCUT2D eigenvalue weighted by molar-refractivity contribution is 6.13. The van der Waals surface area contributed by atoms with E-state index < -0.39 is 0 Å². The quantitative estimate of drug-likeness (QED) is 0.165. The Hall–Kier alpha value is -8.01. The highest BCUT2D eigenvalue weighted by Gasteiger charge is 2.18. The van der Waals surface area contributed by atoms with Crippen LogP contribution < -0.4 is 0 Å². The third-order valence-electron chi connectivity index (χ3n) is 12.1. The topological polar surface area (TPSA) is 22.8 Å². The van der Waals surface area contributed by atoms with Gasteiger partial charge in [0.05, 0.1) is 39.1 Å². The van der Waals surface area contributed by atoms with E-state index >= 15 is 0 Å². The molecule has 3 heterocycles. The average molecular weight is 764 g/mol. The highest BCUT2D eigenvalue weighted by atomic mass is 15.0. The highest BCUT2D eigenvalue weighted by Crippen LogP contribution is 2.40. The van der Waals surface area contributed by atoms with E-state index in [2.05, 4.69) is 234 Å². The Labute approximate surface area is 347 Å². The van der Waals surface area contributed by atoms with Crippen molar-refractivity contribution in [3.05, 3.63) is 224 Å². The molecule has 0 amide bonds. The molecule has 0 spiro atoms. The minimum absolute atomic E-state index is 0.941. The van der Waals surface area contributed by atoms with Crippen LogP contribution in [0.25, 0.3) is 111 Å². The molecule has 60 heavy (non-hydrogen) atoms. The molecule has 0 fully saturated rings. The maximum atomic E-state index is 5.26. The third kappa shape index (κ3) is 5.55. The van der Waals surface area contributed by atoms with Gasteiger partial charge in [-0.15, -0.1) is 0 Å². The monoisotopic (exact) mass is 763 g/mol. The lowest BCUT2D eigenvalue weighted by molar-refractivity contribution is 1.18. The number of aromatic nitrogens is 3. The Morgan fingerprint density at radius 3 is 1.62 bits per heavy atom. The van der Waals surface area contributed by atoms with Crippen LogP contribution in [0.15, 0.2) is 224 Å². The summed E-state index contributed by atoms with van der Waals surface area (Å²) in [5.41, 5.74) is 15.8. The van der Waals surface area contributed by atoms with Crippen LogP contribution >= 0.6 is 0 Å². The molecule has 12 rings (SSSR count). The normalized spacial score (nSPS) is 11.7. The van der Waals surface area contributed by atoms with Crippen LogP contribution in [-0.4, -0.2) is 14.1 Å². The molecule has 9 aromatic carbocycles. The number of pyridine rings is 1. The van der Waals surface area contributed by atoms with Gasteiger partial charge in [0, 0.05) is 43.7 Å². The largest absolute Gasteiger partial charge is 0.309 e. The van der Waals surface area contributed by atoms with Crippen molar-refractivity contribution >= 4 is 54.4 Å². The minimum atomic E-state index is 0.941. The number of benzene rings is 9. The molecule has 0 unspecified atom stereocenters. The van der Waals surface area contributed by atoms with Crippen molar-refractivity contribution in [2.75, 3.05) is 0 Å². The first-order valence-electron chi connectivity index (χ1n) is 20.5. The van der Waals surface area contributed by atoms with Crippen LogP contribution in [0.3, 0.4) is 0 Å². The SMILES string of the molecule is c1ccc(-c2cc(-c3ccccc3)nc(-c3cccc(-n4c5ccccc5c5cc(-c6ccc7c8ccccc8n(-c8cccc9ccccc89)c7c6)ccc54)c3)c2)cc1. The molecule has 0 aliphatic heterocycles. The van der Waals surface area contributed by atoms with Gasteiger partial charge in [-0.05, 0) is 88.3 Å². The molecule has 0 saturated heterocycles. The van der Waals surface area contributed by atoms with Crippen LogP contribution in [0, 0.1) is 0 Å².